The lowest BCUT2D eigenvalue weighted by molar-refractivity contribution is -0.129. The molecule has 5 aliphatic rings. The van der Waals surface area contributed by atoms with E-state index in [1.54, 1.807) is 17.2 Å². The molecule has 0 spiro atoms. The van der Waals surface area contributed by atoms with Crippen molar-refractivity contribution in [2.75, 3.05) is 57.8 Å². The molecule has 64 heavy (non-hydrogen) atoms. The van der Waals surface area contributed by atoms with Gasteiger partial charge in [-0.2, -0.15) is 0 Å². The molecule has 4 heterocycles. The van der Waals surface area contributed by atoms with E-state index in [4.69, 9.17) is 16.6 Å². The minimum Gasteiger partial charge on any atom is -0.369 e. The van der Waals surface area contributed by atoms with Gasteiger partial charge in [-0.25, -0.2) is 9.38 Å². The first kappa shape index (κ1) is 46.8. The van der Waals surface area contributed by atoms with Crippen LogP contribution in [0.25, 0.3) is 5.57 Å². The Hall–Kier alpha value is -5.21. The highest BCUT2D eigenvalue weighted by Crippen LogP contribution is 2.38. The summed E-state index contributed by atoms with van der Waals surface area (Å²) in [5, 5.41) is 2.56. The highest BCUT2D eigenvalue weighted by molar-refractivity contribution is 6.30. The molecule has 3 fully saturated rings. The molecular formula is C50H63ClFN9O3. The highest BCUT2D eigenvalue weighted by atomic mass is 35.5. The average Bonchev–Trinajstić information content (AvgIpc) is 3.83. The number of carbonyl (C=O) groups is 3. The Balaban J connectivity index is 0.00000302. The van der Waals surface area contributed by atoms with Gasteiger partial charge in [-0.1, -0.05) is 68.5 Å². The van der Waals surface area contributed by atoms with Gasteiger partial charge >= 0.3 is 0 Å². The maximum absolute atomic E-state index is 14.4. The number of nitrogens with zero attached hydrogens (tertiary/aromatic N) is 7. The summed E-state index contributed by atoms with van der Waals surface area (Å²) in [6.07, 6.45) is 13.7. The minimum absolute atomic E-state index is 0.149. The predicted octanol–water partition coefficient (Wildman–Crippen LogP) is 7.79. The van der Waals surface area contributed by atoms with E-state index in [1.165, 1.54) is 56.8 Å². The number of hydrogen-bond acceptors (Lipinski definition) is 9. The van der Waals surface area contributed by atoms with Crippen LogP contribution in [0.5, 0.6) is 0 Å². The number of likely N-dealkylation sites (tertiary alicyclic amines) is 1. The van der Waals surface area contributed by atoms with Crippen molar-refractivity contribution < 1.29 is 18.8 Å². The lowest BCUT2D eigenvalue weighted by atomic mass is 9.94. The molecule has 8 rings (SSSR count). The van der Waals surface area contributed by atoms with Crippen molar-refractivity contribution in [3.8, 4) is 0 Å². The van der Waals surface area contributed by atoms with Gasteiger partial charge in [0.2, 0.25) is 12.3 Å². The van der Waals surface area contributed by atoms with E-state index >= 15 is 0 Å². The van der Waals surface area contributed by atoms with Gasteiger partial charge in [0, 0.05) is 91.7 Å². The molecule has 3 aromatic rings. The lowest BCUT2D eigenvalue weighted by Crippen LogP contribution is -2.48. The molecule has 2 saturated heterocycles. The summed E-state index contributed by atoms with van der Waals surface area (Å²) in [5.41, 5.74) is 11.9. The number of halogens is 2. The third-order valence-corrected chi connectivity index (χ3v) is 13.5. The summed E-state index contributed by atoms with van der Waals surface area (Å²) >= 11 is 6.23. The average molecular weight is 893 g/mol. The normalized spacial score (nSPS) is 20.5. The van der Waals surface area contributed by atoms with Crippen molar-refractivity contribution in [1.82, 2.24) is 24.9 Å². The van der Waals surface area contributed by atoms with Gasteiger partial charge in [0.1, 0.15) is 17.7 Å². The zero-order valence-electron chi connectivity index (χ0n) is 37.4. The molecule has 1 saturated carbocycles. The molecule has 3 N–H and O–H groups in total. The summed E-state index contributed by atoms with van der Waals surface area (Å²) in [5.74, 6) is 0.435. The summed E-state index contributed by atoms with van der Waals surface area (Å²) < 4.78 is 14.4. The van der Waals surface area contributed by atoms with Gasteiger partial charge in [0.25, 0.3) is 5.91 Å². The van der Waals surface area contributed by atoms with Gasteiger partial charge in [-0.05, 0) is 118 Å². The molecule has 3 amide bonds. The molecule has 3 aromatic carbocycles. The maximum atomic E-state index is 14.4. The monoisotopic (exact) mass is 891 g/mol. The second-order valence-electron chi connectivity index (χ2n) is 17.4. The fourth-order valence-corrected chi connectivity index (χ4v) is 10.2. The Morgan fingerprint density at radius 2 is 1.69 bits per heavy atom. The van der Waals surface area contributed by atoms with Crippen LogP contribution in [0.15, 0.2) is 88.6 Å². The molecule has 1 unspecified atom stereocenters. The van der Waals surface area contributed by atoms with Crippen molar-refractivity contribution in [3.63, 3.8) is 0 Å². The molecule has 4 aliphatic heterocycles. The fraction of sp³-hybridized carbons (Fsp3) is 0.460. The first-order valence-corrected chi connectivity index (χ1v) is 23.4. The van der Waals surface area contributed by atoms with E-state index in [2.05, 4.69) is 78.9 Å². The van der Waals surface area contributed by atoms with Crippen LogP contribution in [-0.4, -0.2) is 115 Å². The standard InChI is InChI=1S/C49H58ClFN8O3.CH5N/c1-3-7-46(48(61)53-33-60)59-31-37-24-42(14-15-43(37)49(59)62)57-22-20-56(21-23-57)30-35-16-18-55(19-17-35)29-34-10-12-36(13-11-34)45-32-58(41-8-5-4-6-9-41)47(44(45)28-52-2)54-40-26-38(50)25-39(51)27-40;1-2/h10-15,24-28,32-33,35,41,46H,2-9,16-23,29-31H2,1H3,(H,53,60,61);2H2,1H3/b44-28-,54-47?;. The van der Waals surface area contributed by atoms with Gasteiger partial charge in [-0.15, -0.1) is 0 Å². The molecule has 340 valence electrons. The van der Waals surface area contributed by atoms with Crippen LogP contribution in [0.4, 0.5) is 15.8 Å². The Morgan fingerprint density at radius 3 is 2.36 bits per heavy atom. The smallest absolute Gasteiger partial charge is 0.255 e. The number of amides is 3. The molecule has 1 aliphatic carbocycles. The fourth-order valence-electron chi connectivity index (χ4n) is 10.0. The van der Waals surface area contributed by atoms with Crippen LogP contribution in [0.1, 0.15) is 91.8 Å². The lowest BCUT2D eigenvalue weighted by Gasteiger charge is -2.39. The second-order valence-corrected chi connectivity index (χ2v) is 17.9. The van der Waals surface area contributed by atoms with E-state index in [0.29, 0.717) is 47.6 Å². The predicted molar refractivity (Wildman–Crippen MR) is 255 cm³/mol. The number of imide groups is 1. The number of nitrogens with two attached hydrogens (primary N) is 1. The van der Waals surface area contributed by atoms with E-state index in [-0.39, 0.29) is 5.91 Å². The minimum atomic E-state index is -0.659. The SMILES string of the molecule is C=N/C=C1/C(c2ccc(CN3CCC(CN4CCN(c5ccc6c(c5)CN(C(CCC)C(=O)NC=O)C6=O)CC4)CC3)cc2)=CN(C2CCCCC2)C1=Nc1cc(F)cc(Cl)c1.CN. The van der Waals surface area contributed by atoms with Crippen LogP contribution in [0.2, 0.25) is 5.02 Å². The largest absolute Gasteiger partial charge is 0.369 e. The number of piperidine rings is 1. The van der Waals surface area contributed by atoms with Gasteiger partial charge < -0.3 is 20.4 Å². The Bertz CT molecular complexity index is 2200. The number of hydrogen-bond donors (Lipinski definition) is 2. The molecule has 14 heteroatoms. The van der Waals surface area contributed by atoms with E-state index < -0.39 is 17.8 Å². The quantitative estimate of drug-likeness (QED) is 0.124. The van der Waals surface area contributed by atoms with Crippen LogP contribution >= 0.6 is 11.6 Å². The topological polar surface area (TPSA) is 130 Å². The number of anilines is 1. The molecule has 0 aromatic heterocycles. The van der Waals surface area contributed by atoms with Crippen molar-refractivity contribution in [2.24, 2.45) is 21.6 Å². The van der Waals surface area contributed by atoms with E-state index in [0.717, 1.165) is 105 Å². The van der Waals surface area contributed by atoms with Crippen LogP contribution in [-0.2, 0) is 22.7 Å². The summed E-state index contributed by atoms with van der Waals surface area (Å²) in [6, 6.07) is 19.0. The van der Waals surface area contributed by atoms with Crippen molar-refractivity contribution in [2.45, 2.75) is 89.9 Å². The van der Waals surface area contributed by atoms with Crippen LogP contribution < -0.4 is 16.0 Å². The van der Waals surface area contributed by atoms with Gasteiger partial charge in [0.15, 0.2) is 0 Å². The Labute approximate surface area is 382 Å². The van der Waals surface area contributed by atoms with Crippen LogP contribution in [0, 0.1) is 11.7 Å². The molecule has 12 nitrogen and oxygen atoms in total. The number of carbonyl (C=O) groups excluding carboxylic acids is 3. The van der Waals surface area contributed by atoms with Crippen molar-refractivity contribution in [1.29, 1.82) is 0 Å². The number of rotatable bonds is 14. The van der Waals surface area contributed by atoms with E-state index in [9.17, 15) is 18.8 Å². The summed E-state index contributed by atoms with van der Waals surface area (Å²) in [7, 11) is 1.50. The number of fused-ring (bicyclic) bond motifs is 1. The molecule has 0 bridgehead atoms. The first-order chi connectivity index (χ1) is 31.2. The number of aliphatic imine (C=N–C) groups is 2. The molecule has 1 atom stereocenters. The molecular weight excluding hydrogens is 829 g/mol. The van der Waals surface area contributed by atoms with Gasteiger partial charge in [-0.3, -0.25) is 34.5 Å². The summed E-state index contributed by atoms with van der Waals surface area (Å²) in [4.78, 5) is 57.4. The van der Waals surface area contributed by atoms with Crippen molar-refractivity contribution >= 4 is 59.3 Å². The first-order valence-electron chi connectivity index (χ1n) is 23.0. The number of piperazine rings is 1. The van der Waals surface area contributed by atoms with E-state index in [1.807, 2.05) is 19.1 Å². The zero-order valence-corrected chi connectivity index (χ0v) is 38.1. The number of amidine groups is 1. The van der Waals surface area contributed by atoms with Crippen LogP contribution in [0.3, 0.4) is 0 Å². The number of benzene rings is 3. The third-order valence-electron chi connectivity index (χ3n) is 13.3. The Morgan fingerprint density at radius 1 is 0.953 bits per heavy atom. The third kappa shape index (κ3) is 11.0. The summed E-state index contributed by atoms with van der Waals surface area (Å²) in [6.45, 7) is 14.2. The number of nitrogens with one attached hydrogen (secondary N) is 1. The highest BCUT2D eigenvalue weighted by Gasteiger charge is 2.37. The zero-order chi connectivity index (χ0) is 45.2. The van der Waals surface area contributed by atoms with Gasteiger partial charge in [0.05, 0.1) is 5.69 Å². The van der Waals surface area contributed by atoms with Crippen molar-refractivity contribution in [3.05, 3.63) is 112 Å². The molecule has 0 radical (unpaired) electrons. The Kier molecular flexibility index (Phi) is 16.2. The maximum Gasteiger partial charge on any atom is 0.255 e. The second kappa shape index (κ2) is 22.1.